The molecule has 2 saturated heterocycles. The van der Waals surface area contributed by atoms with Crippen LogP contribution in [0.3, 0.4) is 0 Å². The molecule has 0 amide bonds. The Balaban J connectivity index is 1.76. The van der Waals surface area contributed by atoms with Crippen LogP contribution in [0.5, 0.6) is 0 Å². The Hall–Kier alpha value is -0.610. The lowest BCUT2D eigenvalue weighted by molar-refractivity contribution is -0.157. The van der Waals surface area contributed by atoms with E-state index in [0.29, 0.717) is 6.04 Å². The van der Waals surface area contributed by atoms with Crippen molar-refractivity contribution in [3.05, 3.63) is 0 Å². The number of carbonyl (C=O) groups excluding carboxylic acids is 1. The molecular formula is C13H24N2O2. The highest BCUT2D eigenvalue weighted by molar-refractivity contribution is 5.72. The van der Waals surface area contributed by atoms with Crippen molar-refractivity contribution in [1.29, 1.82) is 0 Å². The number of piperidine rings is 2. The average molecular weight is 240 g/mol. The minimum atomic E-state index is 0.0351. The van der Waals surface area contributed by atoms with Gasteiger partial charge in [-0.2, -0.15) is 0 Å². The van der Waals surface area contributed by atoms with E-state index in [9.17, 15) is 4.79 Å². The topological polar surface area (TPSA) is 41.6 Å². The highest BCUT2D eigenvalue weighted by Gasteiger charge is 2.28. The van der Waals surface area contributed by atoms with Gasteiger partial charge in [0.05, 0.1) is 5.92 Å². The van der Waals surface area contributed by atoms with E-state index in [-0.39, 0.29) is 18.0 Å². The van der Waals surface area contributed by atoms with Gasteiger partial charge in [-0.3, -0.25) is 4.79 Å². The molecule has 0 aromatic heterocycles. The van der Waals surface area contributed by atoms with E-state index in [1.54, 1.807) is 0 Å². The quantitative estimate of drug-likeness (QED) is 0.732. The number of nitrogens with zero attached hydrogens (tertiary/aromatic N) is 1. The minimum Gasteiger partial charge on any atom is -0.462 e. The van der Waals surface area contributed by atoms with Gasteiger partial charge in [0.15, 0.2) is 0 Å². The molecule has 98 valence electrons. The predicted octanol–water partition coefficient (Wildman–Crippen LogP) is 1.01. The van der Waals surface area contributed by atoms with Crippen LogP contribution in [0.4, 0.5) is 0 Å². The summed E-state index contributed by atoms with van der Waals surface area (Å²) in [7, 11) is 2.12. The lowest BCUT2D eigenvalue weighted by Crippen LogP contribution is -2.41. The normalized spacial score (nSPS) is 32.4. The number of esters is 1. The molecule has 0 aromatic carbocycles. The Morgan fingerprint density at radius 2 is 2.00 bits per heavy atom. The summed E-state index contributed by atoms with van der Waals surface area (Å²) in [5.74, 6) is 0.152. The first-order chi connectivity index (χ1) is 8.15. The van der Waals surface area contributed by atoms with Crippen LogP contribution in [0, 0.1) is 5.92 Å². The van der Waals surface area contributed by atoms with Crippen LogP contribution < -0.4 is 5.32 Å². The summed E-state index contributed by atoms with van der Waals surface area (Å²) in [4.78, 5) is 14.3. The third-order valence-corrected chi connectivity index (χ3v) is 3.91. The third-order valence-electron chi connectivity index (χ3n) is 3.91. The van der Waals surface area contributed by atoms with Crippen molar-refractivity contribution in [3.8, 4) is 0 Å². The summed E-state index contributed by atoms with van der Waals surface area (Å²) in [5, 5.41) is 3.36. The van der Waals surface area contributed by atoms with Crippen LogP contribution >= 0.6 is 0 Å². The van der Waals surface area contributed by atoms with Crippen molar-refractivity contribution in [3.63, 3.8) is 0 Å². The zero-order chi connectivity index (χ0) is 12.3. The summed E-state index contributed by atoms with van der Waals surface area (Å²) in [6.45, 7) is 5.16. The van der Waals surface area contributed by atoms with Gasteiger partial charge in [0.2, 0.25) is 0 Å². The average Bonchev–Trinajstić information content (AvgIpc) is 2.32. The molecule has 2 aliphatic rings. The van der Waals surface area contributed by atoms with Gasteiger partial charge in [0, 0.05) is 19.1 Å². The molecular weight excluding hydrogens is 216 g/mol. The molecule has 2 fully saturated rings. The molecule has 17 heavy (non-hydrogen) atoms. The number of carbonyl (C=O) groups is 1. The van der Waals surface area contributed by atoms with E-state index in [4.69, 9.17) is 4.74 Å². The van der Waals surface area contributed by atoms with Crippen molar-refractivity contribution >= 4 is 5.97 Å². The third kappa shape index (κ3) is 3.68. The Morgan fingerprint density at radius 1 is 1.29 bits per heavy atom. The molecule has 0 bridgehead atoms. The molecule has 0 spiro atoms. The van der Waals surface area contributed by atoms with Crippen molar-refractivity contribution in [2.24, 2.45) is 5.92 Å². The van der Waals surface area contributed by atoms with E-state index < -0.39 is 0 Å². The number of likely N-dealkylation sites (tertiary alicyclic amines) is 1. The van der Waals surface area contributed by atoms with Crippen molar-refractivity contribution in [2.45, 2.75) is 44.8 Å². The van der Waals surface area contributed by atoms with Crippen LogP contribution in [-0.4, -0.2) is 49.7 Å². The van der Waals surface area contributed by atoms with Gasteiger partial charge in [-0.15, -0.1) is 0 Å². The van der Waals surface area contributed by atoms with Crippen LogP contribution in [0.15, 0.2) is 0 Å². The summed E-state index contributed by atoms with van der Waals surface area (Å²) in [6.07, 6.45) is 3.98. The zero-order valence-electron chi connectivity index (χ0n) is 10.9. The number of hydrogen-bond acceptors (Lipinski definition) is 4. The van der Waals surface area contributed by atoms with Crippen LogP contribution in [-0.2, 0) is 9.53 Å². The summed E-state index contributed by atoms with van der Waals surface area (Å²) < 4.78 is 5.63. The molecule has 0 radical (unpaired) electrons. The van der Waals surface area contributed by atoms with E-state index in [0.717, 1.165) is 45.3 Å². The molecule has 2 heterocycles. The van der Waals surface area contributed by atoms with Gasteiger partial charge < -0.3 is 15.0 Å². The minimum absolute atomic E-state index is 0.0351. The van der Waals surface area contributed by atoms with Crippen LogP contribution in [0.1, 0.15) is 32.6 Å². The van der Waals surface area contributed by atoms with Crippen molar-refractivity contribution in [1.82, 2.24) is 10.2 Å². The molecule has 2 unspecified atom stereocenters. The van der Waals surface area contributed by atoms with Gasteiger partial charge in [-0.1, -0.05) is 0 Å². The first-order valence-corrected chi connectivity index (χ1v) is 6.77. The maximum Gasteiger partial charge on any atom is 0.309 e. The first-order valence-electron chi connectivity index (χ1n) is 6.77. The fourth-order valence-electron chi connectivity index (χ4n) is 2.71. The van der Waals surface area contributed by atoms with Crippen molar-refractivity contribution in [2.75, 3.05) is 26.7 Å². The van der Waals surface area contributed by atoms with Gasteiger partial charge in [-0.25, -0.2) is 0 Å². The largest absolute Gasteiger partial charge is 0.462 e. The van der Waals surface area contributed by atoms with E-state index >= 15 is 0 Å². The Kier molecular flexibility index (Phi) is 4.40. The van der Waals surface area contributed by atoms with Crippen molar-refractivity contribution < 1.29 is 9.53 Å². The summed E-state index contributed by atoms with van der Waals surface area (Å²) >= 11 is 0. The highest BCUT2D eigenvalue weighted by Crippen LogP contribution is 2.20. The SMILES string of the molecule is CC1CC(C(=O)OC2CCN(C)CC2)CCN1. The van der Waals surface area contributed by atoms with Crippen LogP contribution in [0.25, 0.3) is 0 Å². The molecule has 2 atom stereocenters. The second-order valence-corrected chi connectivity index (χ2v) is 5.52. The number of hydrogen-bond donors (Lipinski definition) is 1. The van der Waals surface area contributed by atoms with Gasteiger partial charge in [0.1, 0.15) is 6.10 Å². The van der Waals surface area contributed by atoms with Gasteiger partial charge in [0.25, 0.3) is 0 Å². The Labute approximate surface area is 104 Å². The smallest absolute Gasteiger partial charge is 0.309 e. The second-order valence-electron chi connectivity index (χ2n) is 5.52. The first kappa shape index (κ1) is 12.8. The molecule has 4 nitrogen and oxygen atoms in total. The van der Waals surface area contributed by atoms with Crippen LogP contribution in [0.2, 0.25) is 0 Å². The fourth-order valence-corrected chi connectivity index (χ4v) is 2.71. The molecule has 1 N–H and O–H groups in total. The zero-order valence-corrected chi connectivity index (χ0v) is 10.9. The van der Waals surface area contributed by atoms with E-state index in [1.165, 1.54) is 0 Å². The maximum atomic E-state index is 12.0. The standard InChI is InChI=1S/C13H24N2O2/c1-10-9-11(3-6-14-10)13(16)17-12-4-7-15(2)8-5-12/h10-12,14H,3-9H2,1-2H3. The highest BCUT2D eigenvalue weighted by atomic mass is 16.5. The Bertz CT molecular complexity index is 262. The second kappa shape index (κ2) is 5.83. The predicted molar refractivity (Wildman–Crippen MR) is 66.8 cm³/mol. The number of rotatable bonds is 2. The van der Waals surface area contributed by atoms with Gasteiger partial charge >= 0.3 is 5.97 Å². The molecule has 2 aliphatic heterocycles. The molecule has 2 rings (SSSR count). The summed E-state index contributed by atoms with van der Waals surface area (Å²) in [5.41, 5.74) is 0. The molecule has 4 heteroatoms. The number of ether oxygens (including phenoxy) is 1. The van der Waals surface area contributed by atoms with Gasteiger partial charge in [-0.05, 0) is 46.2 Å². The molecule has 0 aromatic rings. The molecule has 0 aliphatic carbocycles. The monoisotopic (exact) mass is 240 g/mol. The summed E-state index contributed by atoms with van der Waals surface area (Å²) in [6, 6.07) is 0.443. The Morgan fingerprint density at radius 3 is 2.65 bits per heavy atom. The van der Waals surface area contributed by atoms with E-state index in [1.807, 2.05) is 0 Å². The molecule has 0 saturated carbocycles. The maximum absolute atomic E-state index is 12.0. The lowest BCUT2D eigenvalue weighted by Gasteiger charge is -2.31. The number of nitrogens with one attached hydrogen (secondary N) is 1. The van der Waals surface area contributed by atoms with E-state index in [2.05, 4.69) is 24.2 Å². The lowest BCUT2D eigenvalue weighted by atomic mass is 9.93. The fraction of sp³-hybridized carbons (Fsp3) is 0.923.